The van der Waals surface area contributed by atoms with Crippen LogP contribution in [-0.4, -0.2) is 25.4 Å². The van der Waals surface area contributed by atoms with E-state index in [4.69, 9.17) is 5.84 Å². The van der Waals surface area contributed by atoms with Crippen molar-refractivity contribution in [1.82, 2.24) is 5.43 Å². The maximum Gasteiger partial charge on any atom is 0.411 e. The average molecular weight is 228 g/mol. The molecule has 0 saturated heterocycles. The SMILES string of the molecule is CCC(CC)C(COCC(F)(F)F)NN. The van der Waals surface area contributed by atoms with Crippen molar-refractivity contribution in [2.24, 2.45) is 11.8 Å². The van der Waals surface area contributed by atoms with Gasteiger partial charge in [-0.15, -0.1) is 0 Å². The predicted molar refractivity (Wildman–Crippen MR) is 52.1 cm³/mol. The lowest BCUT2D eigenvalue weighted by molar-refractivity contribution is -0.176. The Balaban J connectivity index is 3.89. The van der Waals surface area contributed by atoms with Crippen LogP contribution in [0.3, 0.4) is 0 Å². The molecule has 3 nitrogen and oxygen atoms in total. The smallest absolute Gasteiger partial charge is 0.370 e. The third kappa shape index (κ3) is 6.70. The maximum atomic E-state index is 11.8. The second-order valence-electron chi connectivity index (χ2n) is 3.48. The Kier molecular flexibility index (Phi) is 6.87. The summed E-state index contributed by atoms with van der Waals surface area (Å²) in [6.07, 6.45) is -2.55. The normalized spacial score (nSPS) is 14.6. The molecule has 0 aliphatic rings. The molecule has 92 valence electrons. The molecule has 1 atom stereocenters. The van der Waals surface area contributed by atoms with Crippen LogP contribution in [0.15, 0.2) is 0 Å². The van der Waals surface area contributed by atoms with Crippen molar-refractivity contribution in [1.29, 1.82) is 0 Å². The highest BCUT2D eigenvalue weighted by Gasteiger charge is 2.28. The van der Waals surface area contributed by atoms with Crippen LogP contribution in [0.1, 0.15) is 26.7 Å². The first-order chi connectivity index (χ1) is 6.94. The zero-order chi connectivity index (χ0) is 11.9. The van der Waals surface area contributed by atoms with Crippen molar-refractivity contribution < 1.29 is 17.9 Å². The van der Waals surface area contributed by atoms with Crippen LogP contribution in [0.4, 0.5) is 13.2 Å². The lowest BCUT2D eigenvalue weighted by Crippen LogP contribution is -2.44. The average Bonchev–Trinajstić information content (AvgIpc) is 2.15. The number of hydrogen-bond donors (Lipinski definition) is 2. The van der Waals surface area contributed by atoms with Gasteiger partial charge in [0, 0.05) is 6.04 Å². The van der Waals surface area contributed by atoms with Crippen LogP contribution in [0.5, 0.6) is 0 Å². The lowest BCUT2D eigenvalue weighted by atomic mass is 9.95. The molecule has 0 bridgehead atoms. The number of nitrogens with two attached hydrogens (primary N) is 1. The fourth-order valence-electron chi connectivity index (χ4n) is 1.48. The second kappa shape index (κ2) is 7.03. The molecular formula is C9H19F3N2O. The van der Waals surface area contributed by atoms with Crippen molar-refractivity contribution in [2.75, 3.05) is 13.2 Å². The van der Waals surface area contributed by atoms with Crippen LogP contribution in [0, 0.1) is 5.92 Å². The van der Waals surface area contributed by atoms with E-state index in [2.05, 4.69) is 10.2 Å². The Labute approximate surface area is 88.1 Å². The number of hydrazine groups is 1. The third-order valence-corrected chi connectivity index (χ3v) is 2.40. The molecule has 0 fully saturated rings. The van der Waals surface area contributed by atoms with Crippen molar-refractivity contribution in [2.45, 2.75) is 38.9 Å². The summed E-state index contributed by atoms with van der Waals surface area (Å²) in [5.41, 5.74) is 2.50. The Hall–Kier alpha value is -0.330. The highest BCUT2D eigenvalue weighted by Crippen LogP contribution is 2.17. The highest BCUT2D eigenvalue weighted by atomic mass is 19.4. The Morgan fingerprint density at radius 2 is 1.80 bits per heavy atom. The Morgan fingerprint density at radius 1 is 1.27 bits per heavy atom. The zero-order valence-electron chi connectivity index (χ0n) is 9.10. The van der Waals surface area contributed by atoms with Crippen molar-refractivity contribution in [3.63, 3.8) is 0 Å². The molecule has 0 aromatic rings. The molecule has 0 heterocycles. The Morgan fingerprint density at radius 3 is 2.13 bits per heavy atom. The molecule has 0 spiro atoms. The molecule has 15 heavy (non-hydrogen) atoms. The van der Waals surface area contributed by atoms with Crippen molar-refractivity contribution in [3.8, 4) is 0 Å². The van der Waals surface area contributed by atoms with Crippen LogP contribution in [0.2, 0.25) is 0 Å². The molecular weight excluding hydrogens is 209 g/mol. The molecule has 1 unspecified atom stereocenters. The summed E-state index contributed by atoms with van der Waals surface area (Å²) in [7, 11) is 0. The second-order valence-corrected chi connectivity index (χ2v) is 3.48. The quantitative estimate of drug-likeness (QED) is 0.516. The molecule has 0 rings (SSSR count). The van der Waals surface area contributed by atoms with Gasteiger partial charge in [-0.25, -0.2) is 0 Å². The monoisotopic (exact) mass is 228 g/mol. The van der Waals surface area contributed by atoms with E-state index in [-0.39, 0.29) is 18.6 Å². The molecule has 3 N–H and O–H groups in total. The number of halogens is 3. The molecule has 0 aliphatic heterocycles. The first kappa shape index (κ1) is 14.7. The summed E-state index contributed by atoms with van der Waals surface area (Å²) in [5, 5.41) is 0. The van der Waals surface area contributed by atoms with E-state index in [1.54, 1.807) is 0 Å². The van der Waals surface area contributed by atoms with Gasteiger partial charge in [0.15, 0.2) is 0 Å². The van der Waals surface area contributed by atoms with Gasteiger partial charge in [-0.3, -0.25) is 11.3 Å². The number of alkyl halides is 3. The molecule has 0 amide bonds. The van der Waals surface area contributed by atoms with E-state index in [1.807, 2.05) is 13.8 Å². The van der Waals surface area contributed by atoms with E-state index in [1.165, 1.54) is 0 Å². The van der Waals surface area contributed by atoms with E-state index in [9.17, 15) is 13.2 Å². The standard InChI is InChI=1S/C9H19F3N2O/c1-3-7(4-2)8(14-13)5-15-6-9(10,11)12/h7-8,14H,3-6,13H2,1-2H3. The number of nitrogens with one attached hydrogen (secondary N) is 1. The number of ether oxygens (including phenoxy) is 1. The van der Waals surface area contributed by atoms with E-state index < -0.39 is 12.8 Å². The summed E-state index contributed by atoms with van der Waals surface area (Å²) < 4.78 is 40.0. The van der Waals surface area contributed by atoms with Crippen LogP contribution in [0.25, 0.3) is 0 Å². The van der Waals surface area contributed by atoms with Crippen LogP contribution < -0.4 is 11.3 Å². The van der Waals surface area contributed by atoms with E-state index >= 15 is 0 Å². The third-order valence-electron chi connectivity index (χ3n) is 2.40. The topological polar surface area (TPSA) is 47.3 Å². The van der Waals surface area contributed by atoms with Gasteiger partial charge in [-0.05, 0) is 5.92 Å². The first-order valence-corrected chi connectivity index (χ1v) is 5.05. The highest BCUT2D eigenvalue weighted by molar-refractivity contribution is 4.72. The van der Waals surface area contributed by atoms with Gasteiger partial charge in [-0.1, -0.05) is 26.7 Å². The van der Waals surface area contributed by atoms with Gasteiger partial charge in [0.1, 0.15) is 6.61 Å². The minimum absolute atomic E-state index is 0.0116. The molecule has 0 aromatic carbocycles. The molecule has 0 radical (unpaired) electrons. The van der Waals surface area contributed by atoms with Gasteiger partial charge in [0.25, 0.3) is 0 Å². The number of rotatable bonds is 7. The summed E-state index contributed by atoms with van der Waals surface area (Å²) in [6, 6.07) is -0.220. The molecule has 0 aliphatic carbocycles. The molecule has 0 aromatic heterocycles. The zero-order valence-corrected chi connectivity index (χ0v) is 9.10. The van der Waals surface area contributed by atoms with Gasteiger partial charge in [-0.2, -0.15) is 13.2 Å². The molecule has 6 heteroatoms. The minimum atomic E-state index is -4.27. The van der Waals surface area contributed by atoms with Gasteiger partial charge in [0.2, 0.25) is 0 Å². The summed E-state index contributed by atoms with van der Waals surface area (Å²) in [6.45, 7) is 2.72. The van der Waals surface area contributed by atoms with Gasteiger partial charge >= 0.3 is 6.18 Å². The van der Waals surface area contributed by atoms with Gasteiger partial charge < -0.3 is 4.74 Å². The largest absolute Gasteiger partial charge is 0.411 e. The van der Waals surface area contributed by atoms with Crippen molar-refractivity contribution >= 4 is 0 Å². The maximum absolute atomic E-state index is 11.8. The van der Waals surface area contributed by atoms with E-state index in [0.29, 0.717) is 0 Å². The van der Waals surface area contributed by atoms with Crippen LogP contribution in [-0.2, 0) is 4.74 Å². The van der Waals surface area contributed by atoms with Crippen molar-refractivity contribution in [3.05, 3.63) is 0 Å². The predicted octanol–water partition coefficient (Wildman–Crippen LogP) is 1.83. The summed E-state index contributed by atoms with van der Waals surface area (Å²) in [4.78, 5) is 0. The first-order valence-electron chi connectivity index (χ1n) is 5.05. The Bertz CT molecular complexity index is 160. The minimum Gasteiger partial charge on any atom is -0.370 e. The van der Waals surface area contributed by atoms with Crippen LogP contribution >= 0.6 is 0 Å². The fraction of sp³-hybridized carbons (Fsp3) is 1.00. The lowest BCUT2D eigenvalue weighted by Gasteiger charge is -2.24. The number of hydrogen-bond acceptors (Lipinski definition) is 3. The fourth-order valence-corrected chi connectivity index (χ4v) is 1.48. The summed E-state index contributed by atoms with van der Waals surface area (Å²) >= 11 is 0. The van der Waals surface area contributed by atoms with E-state index in [0.717, 1.165) is 12.8 Å². The van der Waals surface area contributed by atoms with Gasteiger partial charge in [0.05, 0.1) is 6.61 Å². The summed E-state index contributed by atoms with van der Waals surface area (Å²) in [5.74, 6) is 5.50. The molecule has 0 saturated carbocycles.